The van der Waals surface area contributed by atoms with Crippen LogP contribution in [0, 0.1) is 26.7 Å². The molecular weight excluding hydrogens is 540 g/mol. The Kier molecular flexibility index (Phi) is 8.66. The second kappa shape index (κ2) is 11.8. The highest BCUT2D eigenvalue weighted by Gasteiger charge is 2.28. The first-order valence-corrected chi connectivity index (χ1v) is 15.6. The number of carbonyl (C=O) groups is 1. The van der Waals surface area contributed by atoms with Crippen molar-refractivity contribution in [2.45, 2.75) is 62.7 Å². The van der Waals surface area contributed by atoms with E-state index in [0.717, 1.165) is 49.3 Å². The number of hydrogen-bond donors (Lipinski definition) is 0. The highest BCUT2D eigenvalue weighted by molar-refractivity contribution is 7.87. The van der Waals surface area contributed by atoms with Crippen molar-refractivity contribution in [1.29, 1.82) is 0 Å². The summed E-state index contributed by atoms with van der Waals surface area (Å²) < 4.78 is 69.3. The molecule has 0 saturated heterocycles. The molecule has 1 aliphatic carbocycles. The number of aryl methyl sites for hydroxylation is 2. The Balaban J connectivity index is 1.77. The molecule has 4 rings (SSSR count). The average Bonchev–Trinajstić information content (AvgIpc) is 2.90. The van der Waals surface area contributed by atoms with Gasteiger partial charge in [0, 0.05) is 11.6 Å². The fourth-order valence-electron chi connectivity index (χ4n) is 4.48. The summed E-state index contributed by atoms with van der Waals surface area (Å²) >= 11 is 0. The zero-order valence-electron chi connectivity index (χ0n) is 22.2. The van der Waals surface area contributed by atoms with Gasteiger partial charge >= 0.3 is 20.2 Å². The molecule has 0 unspecified atom stereocenters. The van der Waals surface area contributed by atoms with E-state index in [9.17, 15) is 21.6 Å². The third-order valence-corrected chi connectivity index (χ3v) is 9.30. The minimum atomic E-state index is -4.36. The van der Waals surface area contributed by atoms with Gasteiger partial charge in [-0.25, -0.2) is 0 Å². The molecule has 3 aromatic rings. The van der Waals surface area contributed by atoms with Gasteiger partial charge in [-0.05, 0) is 63.8 Å². The maximum Gasteiger partial charge on any atom is 0.339 e. The molecule has 3 aromatic carbocycles. The van der Waals surface area contributed by atoms with E-state index in [-0.39, 0.29) is 44.1 Å². The summed E-state index contributed by atoms with van der Waals surface area (Å²) in [6.07, 6.45) is 5.70. The molecule has 0 amide bonds. The maximum absolute atomic E-state index is 13.1. The van der Waals surface area contributed by atoms with Gasteiger partial charge < -0.3 is 13.1 Å². The molecule has 1 fully saturated rings. The van der Waals surface area contributed by atoms with Crippen LogP contribution in [0.4, 0.5) is 0 Å². The first-order chi connectivity index (χ1) is 18.5. The Morgan fingerprint density at radius 2 is 1.23 bits per heavy atom. The minimum absolute atomic E-state index is 0.0290. The van der Waals surface area contributed by atoms with Gasteiger partial charge in [0.25, 0.3) is 0 Å². The van der Waals surface area contributed by atoms with E-state index in [2.05, 4.69) is 0 Å². The van der Waals surface area contributed by atoms with Crippen LogP contribution in [0.2, 0.25) is 0 Å². The van der Waals surface area contributed by atoms with E-state index in [0.29, 0.717) is 12.9 Å². The lowest BCUT2D eigenvalue weighted by atomic mass is 9.90. The Bertz CT molecular complexity index is 1540. The van der Waals surface area contributed by atoms with Crippen LogP contribution in [0.15, 0.2) is 64.4 Å². The fraction of sp³-hybridized carbons (Fsp3) is 0.345. The van der Waals surface area contributed by atoms with Gasteiger partial charge in [-0.3, -0.25) is 4.79 Å². The normalized spacial score (nSPS) is 14.5. The second-order valence-electron chi connectivity index (χ2n) is 9.87. The molecule has 8 nitrogen and oxygen atoms in total. The standard InChI is InChI=1S/C29H32O8S2/c1-20-9-13-24(14-10-20)38(31,32)36-27-17-28(37-39(33,34)25-15-11-21(2)12-16-25)26(18-30)29(22(27)3)35-19-23-7-5-4-6-8-23/h9-18,23H,4-8,19H2,1-3H3. The van der Waals surface area contributed by atoms with Gasteiger partial charge in [-0.15, -0.1) is 0 Å². The second-order valence-corrected chi connectivity index (χ2v) is 13.0. The lowest BCUT2D eigenvalue weighted by Gasteiger charge is -2.24. The SMILES string of the molecule is Cc1ccc(S(=O)(=O)Oc2cc(OS(=O)(=O)c3ccc(C)cc3)c(C=O)c(OCC3CCCCC3)c2C)cc1. The molecular formula is C29H32O8S2. The highest BCUT2D eigenvalue weighted by atomic mass is 32.2. The van der Waals surface area contributed by atoms with Gasteiger partial charge in [0.05, 0.1) is 6.61 Å². The lowest BCUT2D eigenvalue weighted by molar-refractivity contribution is 0.111. The Morgan fingerprint density at radius 3 is 1.72 bits per heavy atom. The zero-order valence-corrected chi connectivity index (χ0v) is 23.8. The van der Waals surface area contributed by atoms with Gasteiger partial charge in [-0.1, -0.05) is 54.7 Å². The monoisotopic (exact) mass is 572 g/mol. The molecule has 0 aliphatic heterocycles. The highest BCUT2D eigenvalue weighted by Crippen LogP contribution is 2.41. The Morgan fingerprint density at radius 1 is 0.744 bits per heavy atom. The summed E-state index contributed by atoms with van der Waals surface area (Å²) in [5, 5.41) is 0. The number of benzene rings is 3. The van der Waals surface area contributed by atoms with Crippen LogP contribution in [0.25, 0.3) is 0 Å². The third-order valence-electron chi connectivity index (χ3n) is 6.81. The van der Waals surface area contributed by atoms with Gasteiger partial charge in [0.15, 0.2) is 17.8 Å². The molecule has 1 aliphatic rings. The molecule has 0 heterocycles. The summed E-state index contributed by atoms with van der Waals surface area (Å²) in [5.41, 5.74) is 1.83. The predicted octanol–water partition coefficient (Wildman–Crippen LogP) is 5.92. The molecule has 0 spiro atoms. The Hall–Kier alpha value is -3.37. The maximum atomic E-state index is 13.1. The average molecular weight is 573 g/mol. The van der Waals surface area contributed by atoms with Crippen LogP contribution in [-0.4, -0.2) is 29.7 Å². The quantitative estimate of drug-likeness (QED) is 0.217. The number of rotatable bonds is 10. The van der Waals surface area contributed by atoms with Crippen molar-refractivity contribution < 1.29 is 34.7 Å². The number of aldehydes is 1. The van der Waals surface area contributed by atoms with Crippen molar-refractivity contribution in [2.75, 3.05) is 6.61 Å². The van der Waals surface area contributed by atoms with E-state index >= 15 is 0 Å². The molecule has 208 valence electrons. The van der Waals surface area contributed by atoms with Crippen LogP contribution in [0.1, 0.15) is 59.2 Å². The zero-order chi connectivity index (χ0) is 28.2. The predicted molar refractivity (Wildman–Crippen MR) is 147 cm³/mol. The van der Waals surface area contributed by atoms with Crippen LogP contribution >= 0.6 is 0 Å². The van der Waals surface area contributed by atoms with E-state index < -0.39 is 20.2 Å². The smallest absolute Gasteiger partial charge is 0.339 e. The molecule has 0 N–H and O–H groups in total. The van der Waals surface area contributed by atoms with Crippen molar-refractivity contribution in [3.63, 3.8) is 0 Å². The van der Waals surface area contributed by atoms with Crippen molar-refractivity contribution >= 4 is 26.5 Å². The summed E-state index contributed by atoms with van der Waals surface area (Å²) in [6.45, 7) is 5.49. The first kappa shape index (κ1) is 28.6. The van der Waals surface area contributed by atoms with Crippen LogP contribution in [0.3, 0.4) is 0 Å². The molecule has 0 atom stereocenters. The number of carbonyl (C=O) groups excluding carboxylic acids is 1. The van der Waals surface area contributed by atoms with Crippen molar-refractivity contribution in [3.8, 4) is 17.2 Å². The van der Waals surface area contributed by atoms with Gasteiger partial charge in [0.2, 0.25) is 0 Å². The topological polar surface area (TPSA) is 113 Å². The van der Waals surface area contributed by atoms with Crippen LogP contribution in [0.5, 0.6) is 17.2 Å². The number of ether oxygens (including phenoxy) is 1. The van der Waals surface area contributed by atoms with Gasteiger partial charge in [-0.2, -0.15) is 16.8 Å². The summed E-state index contributed by atoms with van der Waals surface area (Å²) in [6, 6.07) is 13.2. The summed E-state index contributed by atoms with van der Waals surface area (Å²) in [5.74, 6) is -0.293. The van der Waals surface area contributed by atoms with E-state index in [4.69, 9.17) is 13.1 Å². The van der Waals surface area contributed by atoms with Crippen LogP contribution < -0.4 is 13.1 Å². The van der Waals surface area contributed by atoms with E-state index in [1.165, 1.54) is 24.3 Å². The molecule has 0 aromatic heterocycles. The molecule has 1 saturated carbocycles. The molecule has 39 heavy (non-hydrogen) atoms. The number of hydrogen-bond acceptors (Lipinski definition) is 8. The molecule has 0 bridgehead atoms. The van der Waals surface area contributed by atoms with Crippen LogP contribution in [-0.2, 0) is 20.2 Å². The van der Waals surface area contributed by atoms with E-state index in [1.54, 1.807) is 31.2 Å². The molecule has 0 radical (unpaired) electrons. The minimum Gasteiger partial charge on any atom is -0.492 e. The first-order valence-electron chi connectivity index (χ1n) is 12.8. The summed E-state index contributed by atoms with van der Waals surface area (Å²) in [7, 11) is -8.66. The van der Waals surface area contributed by atoms with Gasteiger partial charge in [0.1, 0.15) is 21.1 Å². The van der Waals surface area contributed by atoms with Crippen molar-refractivity contribution in [1.82, 2.24) is 0 Å². The Labute approximate surface area is 230 Å². The summed E-state index contributed by atoms with van der Waals surface area (Å²) in [4.78, 5) is 12.1. The fourth-order valence-corrected chi connectivity index (χ4v) is 6.40. The largest absolute Gasteiger partial charge is 0.492 e. The van der Waals surface area contributed by atoms with Crippen molar-refractivity contribution in [3.05, 3.63) is 76.9 Å². The van der Waals surface area contributed by atoms with Crippen molar-refractivity contribution in [2.24, 2.45) is 5.92 Å². The lowest BCUT2D eigenvalue weighted by Crippen LogP contribution is -2.18. The third kappa shape index (κ3) is 6.80. The molecule has 10 heteroatoms. The van der Waals surface area contributed by atoms with E-state index in [1.807, 2.05) is 13.8 Å².